The van der Waals surface area contributed by atoms with Crippen LogP contribution in [0.4, 0.5) is 4.39 Å². The number of rotatable bonds is 7. The second-order valence-electron chi connectivity index (χ2n) is 6.86. The lowest BCUT2D eigenvalue weighted by atomic mass is 9.95. The molecule has 0 spiro atoms. The predicted molar refractivity (Wildman–Crippen MR) is 115 cm³/mol. The number of hydrogen-bond donors (Lipinski definition) is 1. The molecule has 1 amide bonds. The topological polar surface area (TPSA) is 76.1 Å². The molecule has 1 fully saturated rings. The van der Waals surface area contributed by atoms with Gasteiger partial charge < -0.3 is 19.5 Å². The molecule has 1 N–H and O–H groups in total. The molecule has 3 rings (SSSR count). The summed E-state index contributed by atoms with van der Waals surface area (Å²) in [6, 6.07) is 7.26. The Morgan fingerprint density at radius 2 is 1.84 bits per heavy atom. The standard InChI is InChI=1S/C22H20Cl2FNO5/c1-30-9-3-8-26-18(12-4-6-14(25)7-5-12)17(20(28)22(26)29)19(27)15-10-13(23)11-16(24)21(15)31-2/h4-7,10-11,18,27H,3,8-9H2,1-2H3/b19-17+. The Bertz CT molecular complexity index is 1040. The second-order valence-corrected chi connectivity index (χ2v) is 7.70. The smallest absolute Gasteiger partial charge is 0.295 e. The van der Waals surface area contributed by atoms with Crippen LogP contribution in [0.3, 0.4) is 0 Å². The van der Waals surface area contributed by atoms with E-state index in [0.717, 1.165) is 0 Å². The van der Waals surface area contributed by atoms with E-state index in [1.54, 1.807) is 0 Å². The average Bonchev–Trinajstić information content (AvgIpc) is 2.98. The number of carbonyl (C=O) groups excluding carboxylic acids is 2. The van der Waals surface area contributed by atoms with Gasteiger partial charge in [0.15, 0.2) is 0 Å². The van der Waals surface area contributed by atoms with Crippen molar-refractivity contribution in [2.24, 2.45) is 0 Å². The number of ketones is 1. The highest BCUT2D eigenvalue weighted by Crippen LogP contribution is 2.43. The van der Waals surface area contributed by atoms with Crippen molar-refractivity contribution in [3.05, 3.63) is 69.0 Å². The van der Waals surface area contributed by atoms with Crippen LogP contribution in [0.5, 0.6) is 5.75 Å². The van der Waals surface area contributed by atoms with E-state index >= 15 is 0 Å². The van der Waals surface area contributed by atoms with Gasteiger partial charge in [0, 0.05) is 25.3 Å². The van der Waals surface area contributed by atoms with E-state index in [4.69, 9.17) is 32.7 Å². The Hall–Kier alpha value is -2.61. The van der Waals surface area contributed by atoms with Gasteiger partial charge in [0.25, 0.3) is 11.7 Å². The number of nitrogens with zero attached hydrogens (tertiary/aromatic N) is 1. The van der Waals surface area contributed by atoms with Gasteiger partial charge in [-0.1, -0.05) is 35.3 Å². The van der Waals surface area contributed by atoms with Crippen LogP contribution in [0.15, 0.2) is 42.0 Å². The van der Waals surface area contributed by atoms with Crippen molar-refractivity contribution in [3.63, 3.8) is 0 Å². The largest absolute Gasteiger partial charge is 0.507 e. The van der Waals surface area contributed by atoms with Crippen LogP contribution < -0.4 is 4.74 Å². The molecule has 1 heterocycles. The summed E-state index contributed by atoms with van der Waals surface area (Å²) < 4.78 is 23.8. The minimum Gasteiger partial charge on any atom is -0.507 e. The quantitative estimate of drug-likeness (QED) is 0.278. The number of Topliss-reactive ketones (excluding diaryl/α,β-unsaturated/α-hetero) is 1. The number of carbonyl (C=O) groups is 2. The fourth-order valence-corrected chi connectivity index (χ4v) is 4.14. The Morgan fingerprint density at radius 1 is 1.16 bits per heavy atom. The number of halogens is 3. The summed E-state index contributed by atoms with van der Waals surface area (Å²) in [4.78, 5) is 27.1. The number of ether oxygens (including phenoxy) is 2. The minimum atomic E-state index is -0.931. The first-order valence-corrected chi connectivity index (χ1v) is 10.1. The summed E-state index contributed by atoms with van der Waals surface area (Å²) in [6.07, 6.45) is 0.466. The van der Waals surface area contributed by atoms with Crippen molar-refractivity contribution >= 4 is 40.7 Å². The van der Waals surface area contributed by atoms with Gasteiger partial charge in [-0.3, -0.25) is 9.59 Å². The van der Waals surface area contributed by atoms with Crippen molar-refractivity contribution < 1.29 is 28.6 Å². The molecule has 1 aliphatic rings. The third-order valence-corrected chi connectivity index (χ3v) is 5.44. The lowest BCUT2D eigenvalue weighted by molar-refractivity contribution is -0.140. The van der Waals surface area contributed by atoms with Crippen LogP contribution in [-0.4, -0.2) is 49.1 Å². The van der Waals surface area contributed by atoms with E-state index in [1.807, 2.05) is 0 Å². The number of likely N-dealkylation sites (tertiary alicyclic amines) is 1. The van der Waals surface area contributed by atoms with Gasteiger partial charge in [0.1, 0.15) is 17.3 Å². The van der Waals surface area contributed by atoms with Gasteiger partial charge in [0.2, 0.25) is 0 Å². The van der Waals surface area contributed by atoms with Gasteiger partial charge >= 0.3 is 0 Å². The summed E-state index contributed by atoms with van der Waals surface area (Å²) in [5.41, 5.74) is 0.374. The maximum Gasteiger partial charge on any atom is 0.295 e. The first-order valence-electron chi connectivity index (χ1n) is 9.36. The van der Waals surface area contributed by atoms with Gasteiger partial charge in [-0.25, -0.2) is 4.39 Å². The maximum absolute atomic E-state index is 13.5. The van der Waals surface area contributed by atoms with Crippen LogP contribution in [0.2, 0.25) is 10.0 Å². The van der Waals surface area contributed by atoms with E-state index in [0.29, 0.717) is 18.6 Å². The fraction of sp³-hybridized carbons (Fsp3) is 0.273. The molecule has 31 heavy (non-hydrogen) atoms. The van der Waals surface area contributed by atoms with Crippen LogP contribution in [0.25, 0.3) is 5.76 Å². The number of methoxy groups -OCH3 is 2. The lowest BCUT2D eigenvalue weighted by Gasteiger charge is -2.25. The zero-order valence-electron chi connectivity index (χ0n) is 16.8. The molecule has 0 aliphatic carbocycles. The van der Waals surface area contributed by atoms with Crippen molar-refractivity contribution in [1.82, 2.24) is 4.90 Å². The second kappa shape index (κ2) is 9.68. The normalized spacial score (nSPS) is 18.0. The first-order chi connectivity index (χ1) is 14.8. The maximum atomic E-state index is 13.5. The summed E-state index contributed by atoms with van der Waals surface area (Å²) in [7, 11) is 2.88. The van der Waals surface area contributed by atoms with Gasteiger partial charge in [-0.15, -0.1) is 0 Å². The van der Waals surface area contributed by atoms with Crippen LogP contribution >= 0.6 is 23.2 Å². The fourth-order valence-electron chi connectivity index (χ4n) is 3.57. The first kappa shape index (κ1) is 23.1. The van der Waals surface area contributed by atoms with E-state index < -0.39 is 29.3 Å². The summed E-state index contributed by atoms with van der Waals surface area (Å²) in [6.45, 7) is 0.571. The lowest BCUT2D eigenvalue weighted by Crippen LogP contribution is -2.31. The summed E-state index contributed by atoms with van der Waals surface area (Å²) in [5.74, 6) is -2.50. The van der Waals surface area contributed by atoms with Crippen molar-refractivity contribution in [1.29, 1.82) is 0 Å². The van der Waals surface area contributed by atoms with E-state index in [-0.39, 0.29) is 33.5 Å². The van der Waals surface area contributed by atoms with Crippen molar-refractivity contribution in [3.8, 4) is 5.75 Å². The molecular formula is C22H20Cl2FNO5. The van der Waals surface area contributed by atoms with Gasteiger partial charge in [-0.2, -0.15) is 0 Å². The van der Waals surface area contributed by atoms with Gasteiger partial charge in [-0.05, 0) is 36.2 Å². The average molecular weight is 468 g/mol. The molecule has 6 nitrogen and oxygen atoms in total. The van der Waals surface area contributed by atoms with Crippen LogP contribution in [0, 0.1) is 5.82 Å². The molecule has 164 valence electrons. The van der Waals surface area contributed by atoms with E-state index in [1.165, 1.54) is 55.5 Å². The Balaban J connectivity index is 2.21. The van der Waals surface area contributed by atoms with E-state index in [2.05, 4.69) is 0 Å². The van der Waals surface area contributed by atoms with Crippen molar-refractivity contribution in [2.45, 2.75) is 12.5 Å². The number of hydrogen-bond acceptors (Lipinski definition) is 5. The highest BCUT2D eigenvalue weighted by Gasteiger charge is 2.46. The molecule has 1 atom stereocenters. The molecule has 1 unspecified atom stereocenters. The molecule has 0 aromatic heterocycles. The summed E-state index contributed by atoms with van der Waals surface area (Å²) >= 11 is 12.3. The number of benzene rings is 2. The molecular weight excluding hydrogens is 448 g/mol. The number of aliphatic hydroxyl groups is 1. The molecule has 9 heteroatoms. The molecule has 2 aromatic carbocycles. The minimum absolute atomic E-state index is 0.0713. The molecule has 1 saturated heterocycles. The third-order valence-electron chi connectivity index (χ3n) is 4.94. The molecule has 0 radical (unpaired) electrons. The zero-order valence-corrected chi connectivity index (χ0v) is 18.3. The van der Waals surface area contributed by atoms with Crippen LogP contribution in [-0.2, 0) is 14.3 Å². The predicted octanol–water partition coefficient (Wildman–Crippen LogP) is 4.60. The number of aliphatic hydroxyl groups excluding tert-OH is 1. The van der Waals surface area contributed by atoms with Crippen LogP contribution in [0.1, 0.15) is 23.6 Å². The highest BCUT2D eigenvalue weighted by molar-refractivity contribution is 6.46. The number of amides is 1. The SMILES string of the molecule is COCCCN1C(=O)C(=O)/C(=C(/O)c2cc(Cl)cc(Cl)c2OC)C1c1ccc(F)cc1. The Morgan fingerprint density at radius 3 is 2.45 bits per heavy atom. The Kier molecular flexibility index (Phi) is 7.20. The van der Waals surface area contributed by atoms with Crippen molar-refractivity contribution in [2.75, 3.05) is 27.4 Å². The monoisotopic (exact) mass is 467 g/mol. The van der Waals surface area contributed by atoms with Gasteiger partial charge in [0.05, 0.1) is 29.3 Å². The Labute approximate surface area is 188 Å². The molecule has 1 aliphatic heterocycles. The summed E-state index contributed by atoms with van der Waals surface area (Å²) in [5, 5.41) is 11.5. The van der Waals surface area contributed by atoms with E-state index in [9.17, 15) is 19.1 Å². The third kappa shape index (κ3) is 4.54. The molecule has 0 saturated carbocycles. The molecule has 0 bridgehead atoms. The molecule has 2 aromatic rings. The zero-order chi connectivity index (χ0) is 22.7. The highest BCUT2D eigenvalue weighted by atomic mass is 35.5.